The highest BCUT2D eigenvalue weighted by atomic mass is 32.2. The molecule has 0 unspecified atom stereocenters. The van der Waals surface area contributed by atoms with Gasteiger partial charge in [-0.1, -0.05) is 6.07 Å². The Morgan fingerprint density at radius 2 is 2.18 bits per heavy atom. The van der Waals surface area contributed by atoms with E-state index < -0.39 is 10.0 Å². The molecule has 1 N–H and O–H groups in total. The van der Waals surface area contributed by atoms with Gasteiger partial charge in [0.25, 0.3) is 0 Å². The second kappa shape index (κ2) is 8.36. The molecule has 1 rings (SSSR count). The molecule has 1 amide bonds. The van der Waals surface area contributed by atoms with Crippen molar-refractivity contribution in [2.45, 2.75) is 6.42 Å². The molecule has 0 aliphatic carbocycles. The summed E-state index contributed by atoms with van der Waals surface area (Å²) in [4.78, 5) is 11.7. The Kier molecular flexibility index (Phi) is 6.82. The van der Waals surface area contributed by atoms with E-state index in [0.29, 0.717) is 24.4 Å². The molecule has 8 heteroatoms. The first-order valence-corrected chi connectivity index (χ1v) is 8.47. The first-order valence-electron chi connectivity index (χ1n) is 6.62. The number of methoxy groups -OCH3 is 1. The molecule has 0 spiro atoms. The van der Waals surface area contributed by atoms with Gasteiger partial charge < -0.3 is 10.1 Å². The number of amides is 1. The van der Waals surface area contributed by atoms with Gasteiger partial charge in [-0.15, -0.1) is 0 Å². The van der Waals surface area contributed by atoms with Gasteiger partial charge in [-0.2, -0.15) is 5.26 Å². The van der Waals surface area contributed by atoms with Crippen LogP contribution in [0, 0.1) is 11.3 Å². The minimum absolute atomic E-state index is 0.00648. The summed E-state index contributed by atoms with van der Waals surface area (Å²) < 4.78 is 29.7. The Labute approximate surface area is 130 Å². The zero-order valence-corrected chi connectivity index (χ0v) is 13.4. The maximum absolute atomic E-state index is 11.9. The van der Waals surface area contributed by atoms with E-state index in [1.807, 2.05) is 6.07 Å². The fourth-order valence-electron chi connectivity index (χ4n) is 1.80. The van der Waals surface area contributed by atoms with Crippen molar-refractivity contribution in [1.29, 1.82) is 5.26 Å². The molecule has 0 aromatic heterocycles. The zero-order valence-electron chi connectivity index (χ0n) is 12.6. The number of carbonyl (C=O) groups excluding carboxylic acids is 1. The third-order valence-electron chi connectivity index (χ3n) is 2.83. The normalized spacial score (nSPS) is 10.8. The predicted molar refractivity (Wildman–Crippen MR) is 82.8 cm³/mol. The maximum Gasteiger partial charge on any atom is 0.232 e. The number of hydrogen-bond acceptors (Lipinski definition) is 5. The number of benzene rings is 1. The number of anilines is 1. The molecule has 0 aliphatic heterocycles. The molecule has 0 bridgehead atoms. The second-order valence-corrected chi connectivity index (χ2v) is 6.50. The van der Waals surface area contributed by atoms with Gasteiger partial charge in [0.05, 0.1) is 30.2 Å². The molecule has 0 heterocycles. The smallest absolute Gasteiger partial charge is 0.232 e. The van der Waals surface area contributed by atoms with Crippen LogP contribution >= 0.6 is 0 Å². The molecule has 0 saturated heterocycles. The van der Waals surface area contributed by atoms with E-state index >= 15 is 0 Å². The van der Waals surface area contributed by atoms with Crippen molar-refractivity contribution in [3.63, 3.8) is 0 Å². The molecule has 0 aliphatic rings. The third kappa shape index (κ3) is 5.71. The number of nitrogens with zero attached hydrogens (tertiary/aromatic N) is 2. The van der Waals surface area contributed by atoms with Crippen molar-refractivity contribution in [3.8, 4) is 6.07 Å². The van der Waals surface area contributed by atoms with Crippen molar-refractivity contribution < 1.29 is 17.9 Å². The molecule has 1 aromatic carbocycles. The van der Waals surface area contributed by atoms with E-state index in [4.69, 9.17) is 10.00 Å². The standard InChI is InChI=1S/C14H19N3O4S/c1-21-9-7-16-14(18)6-8-17(22(2,19)20)13-5-3-4-12(10-13)11-15/h3-5,10H,6-9H2,1-2H3,(H,16,18). The monoisotopic (exact) mass is 325 g/mol. The third-order valence-corrected chi connectivity index (χ3v) is 4.03. The van der Waals surface area contributed by atoms with Crippen LogP contribution in [0.15, 0.2) is 24.3 Å². The molecule has 0 atom stereocenters. The lowest BCUT2D eigenvalue weighted by Crippen LogP contribution is -2.35. The number of carbonyl (C=O) groups is 1. The number of ether oxygens (including phenoxy) is 1. The van der Waals surface area contributed by atoms with Crippen LogP contribution in [0.2, 0.25) is 0 Å². The molecule has 7 nitrogen and oxygen atoms in total. The van der Waals surface area contributed by atoms with Gasteiger partial charge in [0, 0.05) is 26.6 Å². The van der Waals surface area contributed by atoms with Gasteiger partial charge in [0.15, 0.2) is 0 Å². The molecular weight excluding hydrogens is 306 g/mol. The minimum Gasteiger partial charge on any atom is -0.383 e. The highest BCUT2D eigenvalue weighted by molar-refractivity contribution is 7.92. The summed E-state index contributed by atoms with van der Waals surface area (Å²) in [5.41, 5.74) is 0.724. The fraction of sp³-hybridized carbons (Fsp3) is 0.429. The minimum atomic E-state index is -3.54. The summed E-state index contributed by atoms with van der Waals surface area (Å²) in [6, 6.07) is 8.21. The van der Waals surface area contributed by atoms with E-state index in [-0.39, 0.29) is 18.9 Å². The molecule has 0 fully saturated rings. The van der Waals surface area contributed by atoms with Crippen molar-refractivity contribution in [1.82, 2.24) is 5.32 Å². The van der Waals surface area contributed by atoms with Crippen LogP contribution in [0.5, 0.6) is 0 Å². The Hall–Kier alpha value is -2.11. The second-order valence-electron chi connectivity index (χ2n) is 4.59. The Balaban J connectivity index is 2.79. The SMILES string of the molecule is COCCNC(=O)CCN(c1cccc(C#N)c1)S(C)(=O)=O. The first-order chi connectivity index (χ1) is 10.4. The van der Waals surface area contributed by atoms with E-state index in [2.05, 4.69) is 5.32 Å². The predicted octanol–water partition coefficient (Wildman–Crippen LogP) is 0.477. The van der Waals surface area contributed by atoms with E-state index in [1.165, 1.54) is 13.2 Å². The van der Waals surface area contributed by atoms with Gasteiger partial charge in [-0.3, -0.25) is 9.10 Å². The van der Waals surface area contributed by atoms with Gasteiger partial charge >= 0.3 is 0 Å². The van der Waals surface area contributed by atoms with Crippen molar-refractivity contribution >= 4 is 21.6 Å². The average Bonchev–Trinajstić information content (AvgIpc) is 2.46. The zero-order chi connectivity index (χ0) is 16.6. The van der Waals surface area contributed by atoms with Gasteiger partial charge in [-0.25, -0.2) is 8.42 Å². The quantitative estimate of drug-likeness (QED) is 0.701. The molecule has 0 saturated carbocycles. The Bertz CT molecular complexity index is 652. The number of rotatable bonds is 8. The van der Waals surface area contributed by atoms with Crippen LogP contribution in [-0.4, -0.2) is 47.4 Å². The summed E-state index contributed by atoms with van der Waals surface area (Å²) in [5, 5.41) is 11.5. The highest BCUT2D eigenvalue weighted by Crippen LogP contribution is 2.19. The maximum atomic E-state index is 11.9. The molecule has 1 aromatic rings. The fourth-order valence-corrected chi connectivity index (χ4v) is 2.72. The first kappa shape index (κ1) is 17.9. The average molecular weight is 325 g/mol. The topological polar surface area (TPSA) is 99.5 Å². The summed E-state index contributed by atoms with van der Waals surface area (Å²) in [6.45, 7) is 0.774. The summed E-state index contributed by atoms with van der Waals surface area (Å²) in [7, 11) is -2.02. The lowest BCUT2D eigenvalue weighted by Gasteiger charge is -2.22. The van der Waals surface area contributed by atoms with E-state index in [9.17, 15) is 13.2 Å². The van der Waals surface area contributed by atoms with Crippen molar-refractivity contribution in [3.05, 3.63) is 29.8 Å². The number of nitriles is 1. The van der Waals surface area contributed by atoms with Gasteiger partial charge in [-0.05, 0) is 18.2 Å². The highest BCUT2D eigenvalue weighted by Gasteiger charge is 2.18. The van der Waals surface area contributed by atoms with E-state index in [0.717, 1.165) is 10.6 Å². The van der Waals surface area contributed by atoms with Gasteiger partial charge in [0.2, 0.25) is 15.9 Å². The van der Waals surface area contributed by atoms with Crippen LogP contribution in [0.1, 0.15) is 12.0 Å². The molecular formula is C14H19N3O4S. The lowest BCUT2D eigenvalue weighted by atomic mass is 10.2. The van der Waals surface area contributed by atoms with Crippen LogP contribution < -0.4 is 9.62 Å². The van der Waals surface area contributed by atoms with Gasteiger partial charge in [0.1, 0.15) is 0 Å². The number of hydrogen-bond donors (Lipinski definition) is 1. The Morgan fingerprint density at radius 1 is 1.45 bits per heavy atom. The molecule has 22 heavy (non-hydrogen) atoms. The van der Waals surface area contributed by atoms with E-state index in [1.54, 1.807) is 18.2 Å². The Morgan fingerprint density at radius 3 is 2.77 bits per heavy atom. The largest absolute Gasteiger partial charge is 0.383 e. The van der Waals surface area contributed by atoms with Crippen molar-refractivity contribution in [2.24, 2.45) is 0 Å². The number of sulfonamides is 1. The van der Waals surface area contributed by atoms with Crippen LogP contribution in [0.3, 0.4) is 0 Å². The molecule has 0 radical (unpaired) electrons. The summed E-state index contributed by atoms with van der Waals surface area (Å²) >= 11 is 0. The number of nitrogens with one attached hydrogen (secondary N) is 1. The molecule has 120 valence electrons. The summed E-state index contributed by atoms with van der Waals surface area (Å²) in [5.74, 6) is -0.262. The van der Waals surface area contributed by atoms with Crippen molar-refractivity contribution in [2.75, 3.05) is 37.4 Å². The van der Waals surface area contributed by atoms with Crippen LogP contribution in [0.25, 0.3) is 0 Å². The van der Waals surface area contributed by atoms with Crippen LogP contribution in [-0.2, 0) is 19.6 Å². The summed E-state index contributed by atoms with van der Waals surface area (Å²) in [6.07, 6.45) is 1.09. The van der Waals surface area contributed by atoms with Crippen LogP contribution in [0.4, 0.5) is 5.69 Å². The lowest BCUT2D eigenvalue weighted by molar-refractivity contribution is -0.121.